The van der Waals surface area contributed by atoms with Gasteiger partial charge >= 0.3 is 0 Å². The highest BCUT2D eigenvalue weighted by atomic mass is 16.5. The van der Waals surface area contributed by atoms with Gasteiger partial charge in [-0.25, -0.2) is 0 Å². The van der Waals surface area contributed by atoms with Crippen molar-refractivity contribution in [3.63, 3.8) is 0 Å². The first-order chi connectivity index (χ1) is 8.34. The lowest BCUT2D eigenvalue weighted by atomic mass is 10.0. The van der Waals surface area contributed by atoms with Gasteiger partial charge in [-0.1, -0.05) is 24.3 Å². The van der Waals surface area contributed by atoms with Gasteiger partial charge < -0.3 is 9.64 Å². The Labute approximate surface area is 100 Å². The topological polar surface area (TPSA) is 29.5 Å². The van der Waals surface area contributed by atoms with E-state index in [4.69, 9.17) is 4.74 Å². The summed E-state index contributed by atoms with van der Waals surface area (Å²) >= 11 is 0. The molecule has 0 spiro atoms. The number of hydrogen-bond donors (Lipinski definition) is 0. The van der Waals surface area contributed by atoms with Gasteiger partial charge in [0.1, 0.15) is 6.23 Å². The number of hydrogen-bond acceptors (Lipinski definition) is 2. The third-order valence-electron chi connectivity index (χ3n) is 4.22. The maximum atomic E-state index is 12.1. The lowest BCUT2D eigenvalue weighted by molar-refractivity contribution is -0.142. The average Bonchev–Trinajstić information content (AvgIpc) is 2.84. The average molecular weight is 229 g/mol. The van der Waals surface area contributed by atoms with Crippen molar-refractivity contribution >= 4 is 5.91 Å². The first-order valence-corrected chi connectivity index (χ1v) is 6.39. The summed E-state index contributed by atoms with van der Waals surface area (Å²) in [5, 5.41) is 0. The number of benzene rings is 1. The molecule has 0 radical (unpaired) electrons. The minimum Gasteiger partial charge on any atom is -0.352 e. The Morgan fingerprint density at radius 2 is 2.18 bits per heavy atom. The molecule has 0 aromatic heterocycles. The highest BCUT2D eigenvalue weighted by Gasteiger charge is 2.50. The molecule has 2 saturated heterocycles. The zero-order valence-corrected chi connectivity index (χ0v) is 9.63. The van der Waals surface area contributed by atoms with Gasteiger partial charge in [-0.2, -0.15) is 0 Å². The predicted molar refractivity (Wildman–Crippen MR) is 62.2 cm³/mol. The Hall–Kier alpha value is -1.35. The van der Waals surface area contributed by atoms with Crippen molar-refractivity contribution in [3.05, 3.63) is 35.4 Å². The van der Waals surface area contributed by atoms with Crippen molar-refractivity contribution in [2.75, 3.05) is 0 Å². The Kier molecular flexibility index (Phi) is 1.89. The van der Waals surface area contributed by atoms with Crippen LogP contribution in [0.3, 0.4) is 0 Å². The van der Waals surface area contributed by atoms with Crippen LogP contribution in [0.5, 0.6) is 0 Å². The molecule has 1 aliphatic carbocycles. The number of nitrogens with zero attached hydrogens (tertiary/aromatic N) is 1. The molecule has 1 aromatic rings. The molecule has 2 fully saturated rings. The summed E-state index contributed by atoms with van der Waals surface area (Å²) < 4.78 is 6.05. The number of piperidine rings is 1. The molecule has 0 saturated carbocycles. The minimum atomic E-state index is 0.0413. The Bertz CT molecular complexity index is 485. The van der Waals surface area contributed by atoms with Crippen molar-refractivity contribution in [1.82, 2.24) is 4.90 Å². The molecule has 1 aromatic carbocycles. The van der Waals surface area contributed by atoms with Crippen molar-refractivity contribution in [1.29, 1.82) is 0 Å². The normalized spacial score (nSPS) is 34.5. The zero-order valence-electron chi connectivity index (χ0n) is 9.63. The minimum absolute atomic E-state index is 0.0413. The van der Waals surface area contributed by atoms with Gasteiger partial charge in [0, 0.05) is 12.8 Å². The van der Waals surface area contributed by atoms with E-state index in [9.17, 15) is 4.79 Å². The summed E-state index contributed by atoms with van der Waals surface area (Å²) in [5.74, 6) is 0.269. The molecule has 3 atom stereocenters. The summed E-state index contributed by atoms with van der Waals surface area (Å²) in [4.78, 5) is 14.1. The lowest BCUT2D eigenvalue weighted by Gasteiger charge is -2.32. The van der Waals surface area contributed by atoms with Crippen LogP contribution < -0.4 is 0 Å². The number of carbonyl (C=O) groups is 1. The molecule has 17 heavy (non-hydrogen) atoms. The number of carbonyl (C=O) groups excluding carboxylic acids is 1. The van der Waals surface area contributed by atoms with Crippen LogP contribution in [-0.4, -0.2) is 23.1 Å². The van der Waals surface area contributed by atoms with Crippen molar-refractivity contribution in [3.8, 4) is 0 Å². The number of rotatable bonds is 0. The Morgan fingerprint density at radius 3 is 3.12 bits per heavy atom. The predicted octanol–water partition coefficient (Wildman–Crippen LogP) is 2.02. The fourth-order valence-electron chi connectivity index (χ4n) is 3.52. The van der Waals surface area contributed by atoms with Gasteiger partial charge in [-0.15, -0.1) is 0 Å². The van der Waals surface area contributed by atoms with Gasteiger partial charge in [0.25, 0.3) is 0 Å². The highest BCUT2D eigenvalue weighted by Crippen LogP contribution is 2.46. The largest absolute Gasteiger partial charge is 0.352 e. The quantitative estimate of drug-likeness (QED) is 0.681. The fourth-order valence-corrected chi connectivity index (χ4v) is 3.52. The SMILES string of the molecule is O=C1CCC[C@@H]2O[C@H]3Cc4ccccc4[C@H]3N12. The molecule has 2 heterocycles. The van der Waals surface area contributed by atoms with E-state index < -0.39 is 0 Å². The Morgan fingerprint density at radius 1 is 1.29 bits per heavy atom. The van der Waals surface area contributed by atoms with E-state index in [0.717, 1.165) is 19.3 Å². The summed E-state index contributed by atoms with van der Waals surface area (Å²) in [6.45, 7) is 0. The van der Waals surface area contributed by atoms with Crippen LogP contribution in [0.2, 0.25) is 0 Å². The zero-order chi connectivity index (χ0) is 11.4. The second-order valence-corrected chi connectivity index (χ2v) is 5.17. The van der Waals surface area contributed by atoms with E-state index in [-0.39, 0.29) is 24.3 Å². The van der Waals surface area contributed by atoms with Gasteiger partial charge in [0.2, 0.25) is 5.91 Å². The second-order valence-electron chi connectivity index (χ2n) is 5.17. The summed E-state index contributed by atoms with van der Waals surface area (Å²) in [7, 11) is 0. The van der Waals surface area contributed by atoms with Gasteiger partial charge in [-0.05, 0) is 24.0 Å². The third kappa shape index (κ3) is 1.23. The van der Waals surface area contributed by atoms with Crippen LogP contribution in [0.15, 0.2) is 24.3 Å². The number of ether oxygens (including phenoxy) is 1. The maximum absolute atomic E-state index is 12.1. The van der Waals surface area contributed by atoms with E-state index in [2.05, 4.69) is 24.3 Å². The first-order valence-electron chi connectivity index (χ1n) is 6.39. The smallest absolute Gasteiger partial charge is 0.225 e. The van der Waals surface area contributed by atoms with Crippen LogP contribution >= 0.6 is 0 Å². The summed E-state index contributed by atoms with van der Waals surface area (Å²) in [5.41, 5.74) is 2.65. The van der Waals surface area contributed by atoms with Crippen LogP contribution in [0.25, 0.3) is 0 Å². The molecule has 3 aliphatic rings. The van der Waals surface area contributed by atoms with E-state index in [1.54, 1.807) is 0 Å². The van der Waals surface area contributed by atoms with Gasteiger partial charge in [0.15, 0.2) is 0 Å². The van der Waals surface area contributed by atoms with Crippen LogP contribution in [0.1, 0.15) is 36.4 Å². The van der Waals surface area contributed by atoms with E-state index in [1.807, 2.05) is 4.90 Å². The van der Waals surface area contributed by atoms with E-state index >= 15 is 0 Å². The van der Waals surface area contributed by atoms with Crippen molar-refractivity contribution in [2.24, 2.45) is 0 Å². The molecule has 2 aliphatic heterocycles. The molecule has 4 rings (SSSR count). The van der Waals surface area contributed by atoms with Gasteiger partial charge in [0.05, 0.1) is 12.1 Å². The number of fused-ring (bicyclic) bond motifs is 5. The first kappa shape index (κ1) is 9.66. The molecule has 0 unspecified atom stereocenters. The molecule has 0 bridgehead atoms. The molecule has 88 valence electrons. The van der Waals surface area contributed by atoms with E-state index in [0.29, 0.717) is 6.42 Å². The van der Waals surface area contributed by atoms with Crippen LogP contribution in [0, 0.1) is 0 Å². The summed E-state index contributed by atoms with van der Waals surface area (Å²) in [6.07, 6.45) is 3.85. The maximum Gasteiger partial charge on any atom is 0.225 e. The molecule has 0 N–H and O–H groups in total. The molecule has 1 amide bonds. The standard InChI is InChI=1S/C14H15NO2/c16-12-6-3-7-13-15(12)14-10-5-2-1-4-9(10)8-11(14)17-13/h1-2,4-5,11,13-14H,3,6-8H2/t11-,13-,14+/m0/s1. The third-order valence-corrected chi connectivity index (χ3v) is 4.22. The molecule has 3 nitrogen and oxygen atoms in total. The van der Waals surface area contributed by atoms with E-state index in [1.165, 1.54) is 11.1 Å². The van der Waals surface area contributed by atoms with Crippen LogP contribution in [-0.2, 0) is 16.0 Å². The van der Waals surface area contributed by atoms with Crippen LogP contribution in [0.4, 0.5) is 0 Å². The van der Waals surface area contributed by atoms with Crippen molar-refractivity contribution in [2.45, 2.75) is 44.1 Å². The molecule has 3 heteroatoms. The number of amides is 1. The summed E-state index contributed by atoms with van der Waals surface area (Å²) in [6, 6.07) is 8.61. The lowest BCUT2D eigenvalue weighted by Crippen LogP contribution is -2.41. The molecular formula is C14H15NO2. The van der Waals surface area contributed by atoms with Gasteiger partial charge in [-0.3, -0.25) is 4.79 Å². The van der Waals surface area contributed by atoms with Crippen molar-refractivity contribution < 1.29 is 9.53 Å². The Balaban J connectivity index is 1.78. The monoisotopic (exact) mass is 229 g/mol. The molecular weight excluding hydrogens is 214 g/mol. The highest BCUT2D eigenvalue weighted by molar-refractivity contribution is 5.78. The second kappa shape index (κ2) is 3.33. The fraction of sp³-hybridized carbons (Fsp3) is 0.500.